The van der Waals surface area contributed by atoms with Crippen LogP contribution >= 0.6 is 11.3 Å². The molecule has 0 aliphatic carbocycles. The lowest BCUT2D eigenvalue weighted by Gasteiger charge is -2.31. The lowest BCUT2D eigenvalue weighted by molar-refractivity contribution is 0.304. The van der Waals surface area contributed by atoms with E-state index in [4.69, 9.17) is 20.2 Å². The van der Waals surface area contributed by atoms with Crippen molar-refractivity contribution in [2.24, 2.45) is 0 Å². The Morgan fingerprint density at radius 3 is 2.78 bits per heavy atom. The first-order chi connectivity index (χ1) is 13.2. The van der Waals surface area contributed by atoms with E-state index < -0.39 is 0 Å². The summed E-state index contributed by atoms with van der Waals surface area (Å²) in [5, 5.41) is 3.10. The van der Waals surface area contributed by atoms with Crippen LogP contribution in [0.1, 0.15) is 22.7 Å². The summed E-state index contributed by atoms with van der Waals surface area (Å²) in [4.78, 5) is 7.12. The van der Waals surface area contributed by atoms with Gasteiger partial charge in [-0.1, -0.05) is 6.07 Å². The molecular weight excluding hydrogens is 358 g/mol. The molecule has 4 rings (SSSR count). The largest absolute Gasteiger partial charge is 0.497 e. The van der Waals surface area contributed by atoms with Crippen molar-refractivity contribution >= 4 is 22.7 Å². The predicted octanol–water partition coefficient (Wildman–Crippen LogP) is 4.27. The number of benzene rings is 2. The number of hydrogen-bond donors (Lipinski definition) is 1. The smallest absolute Gasteiger partial charge is 0.140 e. The fraction of sp³-hybridized carbons (Fsp3) is 0.286. The molecule has 0 atom stereocenters. The minimum absolute atomic E-state index is 0.473. The normalized spacial score (nSPS) is 13.3. The Bertz CT molecular complexity index is 908. The van der Waals surface area contributed by atoms with E-state index in [-0.39, 0.29) is 0 Å². The minimum Gasteiger partial charge on any atom is -0.497 e. The summed E-state index contributed by atoms with van der Waals surface area (Å²) < 4.78 is 11.0. The first-order valence-electron chi connectivity index (χ1n) is 9.05. The first-order valence-corrected chi connectivity index (χ1v) is 9.93. The van der Waals surface area contributed by atoms with Crippen LogP contribution in [0, 0.1) is 0 Å². The molecule has 1 aliphatic rings. The van der Waals surface area contributed by atoms with Gasteiger partial charge in [-0.05, 0) is 54.8 Å². The van der Waals surface area contributed by atoms with Gasteiger partial charge in [0, 0.05) is 23.3 Å². The standard InChI is InChI=1S/C21H23N3O2S/c1-25-16-7-9-17(10-8-16)26-13-21-23-15(14-27-21)12-24-11-3-4-18-19(22)5-2-6-20(18)24/h2,5-10,14H,3-4,11-13,22H2,1H3. The van der Waals surface area contributed by atoms with E-state index in [1.165, 1.54) is 11.3 Å². The summed E-state index contributed by atoms with van der Waals surface area (Å²) in [5.74, 6) is 1.63. The molecule has 6 heteroatoms. The molecule has 2 aromatic carbocycles. The molecule has 0 saturated carbocycles. The fourth-order valence-corrected chi connectivity index (χ4v) is 4.09. The predicted molar refractivity (Wildman–Crippen MR) is 110 cm³/mol. The van der Waals surface area contributed by atoms with Crippen LogP contribution in [0.25, 0.3) is 0 Å². The summed E-state index contributed by atoms with van der Waals surface area (Å²) in [5.41, 5.74) is 10.6. The molecule has 2 N–H and O–H groups in total. The van der Waals surface area contributed by atoms with Crippen LogP contribution < -0.4 is 20.1 Å². The third-order valence-corrected chi connectivity index (χ3v) is 5.63. The van der Waals surface area contributed by atoms with Crippen molar-refractivity contribution in [2.45, 2.75) is 26.0 Å². The van der Waals surface area contributed by atoms with Gasteiger partial charge in [-0.3, -0.25) is 0 Å². The van der Waals surface area contributed by atoms with Gasteiger partial charge in [0.2, 0.25) is 0 Å². The van der Waals surface area contributed by atoms with Gasteiger partial charge in [0.25, 0.3) is 0 Å². The van der Waals surface area contributed by atoms with Crippen molar-refractivity contribution in [2.75, 3.05) is 24.3 Å². The van der Waals surface area contributed by atoms with E-state index in [0.29, 0.717) is 6.61 Å². The summed E-state index contributed by atoms with van der Waals surface area (Å²) in [7, 11) is 1.65. The van der Waals surface area contributed by atoms with Gasteiger partial charge in [-0.15, -0.1) is 11.3 Å². The number of thiazole rings is 1. The second-order valence-electron chi connectivity index (χ2n) is 6.57. The molecular formula is C21H23N3O2S. The zero-order valence-corrected chi connectivity index (χ0v) is 16.2. The monoisotopic (exact) mass is 381 g/mol. The van der Waals surface area contributed by atoms with Crippen molar-refractivity contribution in [1.29, 1.82) is 0 Å². The number of ether oxygens (including phenoxy) is 2. The van der Waals surface area contributed by atoms with Crippen molar-refractivity contribution in [3.8, 4) is 11.5 Å². The Morgan fingerprint density at radius 2 is 1.96 bits per heavy atom. The number of methoxy groups -OCH3 is 1. The van der Waals surface area contributed by atoms with Gasteiger partial charge in [-0.2, -0.15) is 0 Å². The summed E-state index contributed by atoms with van der Waals surface area (Å²) >= 11 is 1.64. The quantitative estimate of drug-likeness (QED) is 0.646. The molecule has 2 heterocycles. The van der Waals surface area contributed by atoms with Crippen LogP contribution in [0.15, 0.2) is 47.8 Å². The van der Waals surface area contributed by atoms with Crippen molar-refractivity contribution < 1.29 is 9.47 Å². The molecule has 0 saturated heterocycles. The third-order valence-electron chi connectivity index (χ3n) is 4.76. The van der Waals surface area contributed by atoms with E-state index in [0.717, 1.165) is 53.8 Å². The zero-order valence-electron chi connectivity index (χ0n) is 15.4. The Balaban J connectivity index is 1.39. The summed E-state index contributed by atoms with van der Waals surface area (Å²) in [6.45, 7) is 2.31. The van der Waals surface area contributed by atoms with Gasteiger partial charge in [0.1, 0.15) is 23.1 Å². The Labute approximate surface area is 163 Å². The molecule has 0 bridgehead atoms. The van der Waals surface area contributed by atoms with Gasteiger partial charge in [-0.25, -0.2) is 4.98 Å². The molecule has 27 heavy (non-hydrogen) atoms. The SMILES string of the molecule is COc1ccc(OCc2nc(CN3CCCc4c(N)cccc43)cs2)cc1. The van der Waals surface area contributed by atoms with E-state index in [1.54, 1.807) is 18.4 Å². The number of anilines is 2. The number of nitrogen functional groups attached to an aromatic ring is 1. The van der Waals surface area contributed by atoms with Crippen LogP contribution in [0.4, 0.5) is 11.4 Å². The number of nitrogens with zero attached hydrogens (tertiary/aromatic N) is 2. The van der Waals surface area contributed by atoms with Gasteiger partial charge >= 0.3 is 0 Å². The van der Waals surface area contributed by atoms with E-state index in [1.807, 2.05) is 36.4 Å². The fourth-order valence-electron chi connectivity index (χ4n) is 3.39. The van der Waals surface area contributed by atoms with Gasteiger partial charge in [0.05, 0.1) is 19.3 Å². The Morgan fingerprint density at radius 1 is 1.15 bits per heavy atom. The first kappa shape index (κ1) is 17.7. The molecule has 0 fully saturated rings. The van der Waals surface area contributed by atoms with Gasteiger partial charge < -0.3 is 20.1 Å². The number of rotatable bonds is 6. The van der Waals surface area contributed by atoms with Crippen molar-refractivity contribution in [1.82, 2.24) is 4.98 Å². The van der Waals surface area contributed by atoms with Crippen LogP contribution in [0.2, 0.25) is 0 Å². The van der Waals surface area contributed by atoms with Crippen LogP contribution in [0.5, 0.6) is 11.5 Å². The molecule has 0 spiro atoms. The van der Waals surface area contributed by atoms with Crippen molar-refractivity contribution in [3.63, 3.8) is 0 Å². The highest BCUT2D eigenvalue weighted by Gasteiger charge is 2.19. The highest BCUT2D eigenvalue weighted by atomic mass is 32.1. The lowest BCUT2D eigenvalue weighted by Crippen LogP contribution is -2.29. The van der Waals surface area contributed by atoms with Crippen molar-refractivity contribution in [3.05, 3.63) is 64.1 Å². The molecule has 5 nitrogen and oxygen atoms in total. The van der Waals surface area contributed by atoms with Crippen LogP contribution in [-0.4, -0.2) is 18.6 Å². The Kier molecular flexibility index (Phi) is 5.16. The molecule has 3 aromatic rings. The molecule has 0 unspecified atom stereocenters. The zero-order chi connectivity index (χ0) is 18.6. The maximum absolute atomic E-state index is 6.15. The third kappa shape index (κ3) is 4.01. The summed E-state index contributed by atoms with van der Waals surface area (Å²) in [6.07, 6.45) is 2.18. The highest BCUT2D eigenvalue weighted by Crippen LogP contribution is 2.32. The average Bonchev–Trinajstić information content (AvgIpc) is 3.15. The molecule has 1 aliphatic heterocycles. The van der Waals surface area contributed by atoms with E-state index >= 15 is 0 Å². The second kappa shape index (κ2) is 7.88. The maximum Gasteiger partial charge on any atom is 0.140 e. The number of nitrogens with two attached hydrogens (primary N) is 1. The number of fused-ring (bicyclic) bond motifs is 1. The van der Waals surface area contributed by atoms with Crippen LogP contribution in [0.3, 0.4) is 0 Å². The van der Waals surface area contributed by atoms with Crippen LogP contribution in [-0.2, 0) is 19.6 Å². The molecule has 1 aromatic heterocycles. The molecule has 140 valence electrons. The molecule has 0 radical (unpaired) electrons. The highest BCUT2D eigenvalue weighted by molar-refractivity contribution is 7.09. The Hall–Kier alpha value is -2.73. The van der Waals surface area contributed by atoms with E-state index in [9.17, 15) is 0 Å². The topological polar surface area (TPSA) is 60.6 Å². The minimum atomic E-state index is 0.473. The molecule has 0 amide bonds. The lowest BCUT2D eigenvalue weighted by atomic mass is 10.00. The summed E-state index contributed by atoms with van der Waals surface area (Å²) in [6, 6.07) is 13.8. The second-order valence-corrected chi connectivity index (χ2v) is 7.51. The maximum atomic E-state index is 6.15. The average molecular weight is 382 g/mol. The number of hydrogen-bond acceptors (Lipinski definition) is 6. The van der Waals surface area contributed by atoms with E-state index in [2.05, 4.69) is 16.3 Å². The van der Waals surface area contributed by atoms with Gasteiger partial charge in [0.15, 0.2) is 0 Å². The number of aromatic nitrogens is 1.